The van der Waals surface area contributed by atoms with Crippen LogP contribution >= 0.6 is 0 Å². The maximum atomic E-state index is 5.66. The molecule has 0 unspecified atom stereocenters. The Balaban J connectivity index is 2.77. The van der Waals surface area contributed by atoms with Crippen LogP contribution in [0, 0.1) is 5.92 Å². The Morgan fingerprint density at radius 3 is 2.44 bits per heavy atom. The first-order valence-electron chi connectivity index (χ1n) is 6.45. The zero-order valence-corrected chi connectivity index (χ0v) is 11.3. The van der Waals surface area contributed by atoms with Crippen molar-refractivity contribution >= 4 is 0 Å². The molecule has 0 atom stereocenters. The molecule has 1 rings (SSSR count). The summed E-state index contributed by atoms with van der Waals surface area (Å²) in [6.45, 7) is 3.98. The largest absolute Gasteiger partial charge is 0.493 e. The van der Waals surface area contributed by atoms with E-state index < -0.39 is 0 Å². The summed E-state index contributed by atoms with van der Waals surface area (Å²) in [5, 5.41) is 0. The van der Waals surface area contributed by atoms with Crippen molar-refractivity contribution in [2.24, 2.45) is 17.4 Å². The summed E-state index contributed by atoms with van der Waals surface area (Å²) in [5.41, 5.74) is 12.5. The molecule has 0 aliphatic heterocycles. The normalized spacial score (nSPS) is 10.7. The molecule has 0 saturated carbocycles. The van der Waals surface area contributed by atoms with Gasteiger partial charge in [-0.05, 0) is 49.5 Å². The Morgan fingerprint density at radius 1 is 1.17 bits per heavy atom. The summed E-state index contributed by atoms with van der Waals surface area (Å²) in [7, 11) is 1.65. The highest BCUT2D eigenvalue weighted by atomic mass is 16.5. The molecule has 0 aliphatic carbocycles. The Morgan fingerprint density at radius 2 is 1.89 bits per heavy atom. The molecule has 102 valence electrons. The SMILES string of the molecule is CCCOc1ccc(CC(CN)CN)cc1OC. The van der Waals surface area contributed by atoms with Crippen molar-refractivity contribution in [2.45, 2.75) is 19.8 Å². The smallest absolute Gasteiger partial charge is 0.161 e. The van der Waals surface area contributed by atoms with E-state index in [0.29, 0.717) is 25.6 Å². The molecule has 0 bridgehead atoms. The van der Waals surface area contributed by atoms with Crippen molar-refractivity contribution in [2.75, 3.05) is 26.8 Å². The summed E-state index contributed by atoms with van der Waals surface area (Å²) in [6.07, 6.45) is 1.85. The minimum absolute atomic E-state index is 0.317. The quantitative estimate of drug-likeness (QED) is 0.736. The van der Waals surface area contributed by atoms with Crippen molar-refractivity contribution in [3.05, 3.63) is 23.8 Å². The van der Waals surface area contributed by atoms with Gasteiger partial charge in [0.2, 0.25) is 0 Å². The Bertz CT molecular complexity index is 352. The third-order valence-electron chi connectivity index (χ3n) is 2.88. The molecule has 0 spiro atoms. The average molecular weight is 252 g/mol. The molecular formula is C14H24N2O2. The van der Waals surface area contributed by atoms with Crippen LogP contribution in [0.15, 0.2) is 18.2 Å². The molecule has 0 amide bonds. The summed E-state index contributed by atoms with van der Waals surface area (Å²) < 4.78 is 11.0. The highest BCUT2D eigenvalue weighted by Crippen LogP contribution is 2.29. The molecule has 1 aromatic carbocycles. The van der Waals surface area contributed by atoms with Crippen LogP contribution in [-0.2, 0) is 6.42 Å². The standard InChI is InChI=1S/C14H24N2O2/c1-3-6-18-13-5-4-11(8-14(13)17-2)7-12(9-15)10-16/h4-5,8,12H,3,6-7,9-10,15-16H2,1-2H3. The zero-order valence-electron chi connectivity index (χ0n) is 11.3. The number of hydrogen-bond acceptors (Lipinski definition) is 4. The fraction of sp³-hybridized carbons (Fsp3) is 0.571. The minimum Gasteiger partial charge on any atom is -0.493 e. The van der Waals surface area contributed by atoms with Crippen LogP contribution in [0.25, 0.3) is 0 Å². The lowest BCUT2D eigenvalue weighted by atomic mass is 9.99. The first-order valence-corrected chi connectivity index (χ1v) is 6.45. The van der Waals surface area contributed by atoms with E-state index in [0.717, 1.165) is 24.3 Å². The molecular weight excluding hydrogens is 228 g/mol. The Labute approximate surface area is 109 Å². The molecule has 0 radical (unpaired) electrons. The first-order chi connectivity index (χ1) is 8.74. The number of methoxy groups -OCH3 is 1. The van der Waals surface area contributed by atoms with Gasteiger partial charge in [0.25, 0.3) is 0 Å². The molecule has 1 aromatic rings. The number of rotatable bonds is 8. The predicted octanol–water partition coefficient (Wildman–Crippen LogP) is 1.56. The second-order valence-corrected chi connectivity index (χ2v) is 4.38. The van der Waals surface area contributed by atoms with Gasteiger partial charge in [0.1, 0.15) is 0 Å². The molecule has 0 aromatic heterocycles. The second kappa shape index (κ2) is 7.95. The first kappa shape index (κ1) is 14.8. The summed E-state index contributed by atoms with van der Waals surface area (Å²) in [6, 6.07) is 6.00. The fourth-order valence-corrected chi connectivity index (χ4v) is 1.77. The molecule has 0 heterocycles. The minimum atomic E-state index is 0.317. The van der Waals surface area contributed by atoms with Gasteiger partial charge in [0.05, 0.1) is 13.7 Å². The van der Waals surface area contributed by atoms with Gasteiger partial charge in [-0.1, -0.05) is 13.0 Å². The van der Waals surface area contributed by atoms with Crippen molar-refractivity contribution in [3.8, 4) is 11.5 Å². The van der Waals surface area contributed by atoms with E-state index >= 15 is 0 Å². The van der Waals surface area contributed by atoms with Crippen LogP contribution in [0.4, 0.5) is 0 Å². The summed E-state index contributed by atoms with van der Waals surface area (Å²) in [5.74, 6) is 1.88. The van der Waals surface area contributed by atoms with Crippen LogP contribution in [0.1, 0.15) is 18.9 Å². The fourth-order valence-electron chi connectivity index (χ4n) is 1.77. The van der Waals surface area contributed by atoms with Gasteiger partial charge in [-0.2, -0.15) is 0 Å². The topological polar surface area (TPSA) is 70.5 Å². The molecule has 0 fully saturated rings. The number of benzene rings is 1. The van der Waals surface area contributed by atoms with Crippen molar-refractivity contribution in [3.63, 3.8) is 0 Å². The van der Waals surface area contributed by atoms with Crippen LogP contribution in [-0.4, -0.2) is 26.8 Å². The number of ether oxygens (including phenoxy) is 2. The van der Waals surface area contributed by atoms with Gasteiger partial charge in [-0.25, -0.2) is 0 Å². The van der Waals surface area contributed by atoms with Crippen LogP contribution < -0.4 is 20.9 Å². The van der Waals surface area contributed by atoms with Gasteiger partial charge in [-0.3, -0.25) is 0 Å². The second-order valence-electron chi connectivity index (χ2n) is 4.38. The van der Waals surface area contributed by atoms with Crippen LogP contribution in [0.2, 0.25) is 0 Å². The van der Waals surface area contributed by atoms with Gasteiger partial charge >= 0.3 is 0 Å². The van der Waals surface area contributed by atoms with Crippen molar-refractivity contribution < 1.29 is 9.47 Å². The van der Waals surface area contributed by atoms with E-state index in [1.54, 1.807) is 7.11 Å². The van der Waals surface area contributed by atoms with E-state index in [-0.39, 0.29) is 0 Å². The lowest BCUT2D eigenvalue weighted by Gasteiger charge is -2.15. The van der Waals surface area contributed by atoms with Gasteiger partial charge in [0.15, 0.2) is 11.5 Å². The third-order valence-corrected chi connectivity index (χ3v) is 2.88. The zero-order chi connectivity index (χ0) is 13.4. The summed E-state index contributed by atoms with van der Waals surface area (Å²) in [4.78, 5) is 0. The molecule has 4 heteroatoms. The highest BCUT2D eigenvalue weighted by molar-refractivity contribution is 5.43. The Kier molecular flexibility index (Phi) is 6.54. The van der Waals surface area contributed by atoms with Crippen molar-refractivity contribution in [1.82, 2.24) is 0 Å². The van der Waals surface area contributed by atoms with E-state index in [1.165, 1.54) is 5.56 Å². The molecule has 4 nitrogen and oxygen atoms in total. The molecule has 0 aliphatic rings. The van der Waals surface area contributed by atoms with Gasteiger partial charge < -0.3 is 20.9 Å². The van der Waals surface area contributed by atoms with E-state index in [9.17, 15) is 0 Å². The van der Waals surface area contributed by atoms with Crippen LogP contribution in [0.3, 0.4) is 0 Å². The monoisotopic (exact) mass is 252 g/mol. The lowest BCUT2D eigenvalue weighted by Crippen LogP contribution is -2.25. The molecule has 18 heavy (non-hydrogen) atoms. The maximum absolute atomic E-state index is 5.66. The van der Waals surface area contributed by atoms with E-state index in [1.807, 2.05) is 18.2 Å². The van der Waals surface area contributed by atoms with E-state index in [4.69, 9.17) is 20.9 Å². The van der Waals surface area contributed by atoms with Gasteiger partial charge in [-0.15, -0.1) is 0 Å². The van der Waals surface area contributed by atoms with E-state index in [2.05, 4.69) is 6.92 Å². The Hall–Kier alpha value is -1.26. The van der Waals surface area contributed by atoms with Crippen molar-refractivity contribution in [1.29, 1.82) is 0 Å². The average Bonchev–Trinajstić information content (AvgIpc) is 2.42. The number of nitrogens with two attached hydrogens (primary N) is 2. The highest BCUT2D eigenvalue weighted by Gasteiger charge is 2.09. The number of hydrogen-bond donors (Lipinski definition) is 2. The predicted molar refractivity (Wildman–Crippen MR) is 74.1 cm³/mol. The van der Waals surface area contributed by atoms with Gasteiger partial charge in [0, 0.05) is 0 Å². The lowest BCUT2D eigenvalue weighted by molar-refractivity contribution is 0.294. The third kappa shape index (κ3) is 4.20. The van der Waals surface area contributed by atoms with Crippen LogP contribution in [0.5, 0.6) is 11.5 Å². The molecule has 0 saturated heterocycles. The summed E-state index contributed by atoms with van der Waals surface area (Å²) >= 11 is 0. The maximum Gasteiger partial charge on any atom is 0.161 e. The molecule has 4 N–H and O–H groups in total.